The van der Waals surface area contributed by atoms with Gasteiger partial charge >= 0.3 is 0 Å². The summed E-state index contributed by atoms with van der Waals surface area (Å²) in [5.41, 5.74) is 0.481. The highest BCUT2D eigenvalue weighted by molar-refractivity contribution is 9.10. The summed E-state index contributed by atoms with van der Waals surface area (Å²) in [6.07, 6.45) is 0. The molecule has 2 aromatic rings. The van der Waals surface area contributed by atoms with E-state index in [0.717, 1.165) is 4.47 Å². The number of hydrogen-bond donors (Lipinski definition) is 0. The number of benzene rings is 1. The number of fused-ring (bicyclic) bond motifs is 1. The molecule has 0 saturated carbocycles. The molecule has 1 unspecified atom stereocenters. The molecule has 0 bridgehead atoms. The highest BCUT2D eigenvalue weighted by Gasteiger charge is 2.20. The maximum Gasteiger partial charge on any atom is 0.262 e. The minimum Gasteiger partial charge on any atom is -0.383 e. The van der Waals surface area contributed by atoms with Crippen LogP contribution in [-0.2, 0) is 16.1 Å². The highest BCUT2D eigenvalue weighted by atomic mass is 79.9. The van der Waals surface area contributed by atoms with Crippen LogP contribution in [-0.4, -0.2) is 53.4 Å². The van der Waals surface area contributed by atoms with Gasteiger partial charge in [0.25, 0.3) is 5.56 Å². The summed E-state index contributed by atoms with van der Waals surface area (Å²) in [5, 5.41) is 0.722. The Balaban J connectivity index is 2.52. The monoisotopic (exact) mass is 413 g/mol. The number of thioether (sulfide) groups is 1. The zero-order valence-corrected chi connectivity index (χ0v) is 16.5. The number of carbonyl (C=O) groups excluding carboxylic acids is 1. The summed E-state index contributed by atoms with van der Waals surface area (Å²) >= 11 is 4.67. The lowest BCUT2D eigenvalue weighted by molar-refractivity contribution is -0.127. The summed E-state index contributed by atoms with van der Waals surface area (Å²) < 4.78 is 7.50. The van der Waals surface area contributed by atoms with Gasteiger partial charge in [-0.15, -0.1) is 0 Å². The van der Waals surface area contributed by atoms with E-state index in [0.29, 0.717) is 29.2 Å². The first-order valence-electron chi connectivity index (χ1n) is 7.42. The standard InChI is InChI=1S/C16H20BrN3O3S/c1-10(14(21)19(2)3)24-16-18-13-6-5-11(17)9-12(13)15(22)20(16)7-8-23-4/h5-6,9-10H,7-8H2,1-4H3. The van der Waals surface area contributed by atoms with Gasteiger partial charge in [-0.2, -0.15) is 0 Å². The molecular formula is C16H20BrN3O3S. The van der Waals surface area contributed by atoms with E-state index in [-0.39, 0.29) is 16.7 Å². The van der Waals surface area contributed by atoms with Gasteiger partial charge in [-0.05, 0) is 25.1 Å². The fraction of sp³-hybridized carbons (Fsp3) is 0.438. The Morgan fingerprint density at radius 3 is 2.79 bits per heavy atom. The molecule has 0 saturated heterocycles. The maximum absolute atomic E-state index is 12.8. The highest BCUT2D eigenvalue weighted by Crippen LogP contribution is 2.24. The van der Waals surface area contributed by atoms with E-state index >= 15 is 0 Å². The number of methoxy groups -OCH3 is 1. The van der Waals surface area contributed by atoms with Gasteiger partial charge in [0.1, 0.15) is 0 Å². The summed E-state index contributed by atoms with van der Waals surface area (Å²) in [7, 11) is 5.01. The number of rotatable bonds is 6. The van der Waals surface area contributed by atoms with Gasteiger partial charge < -0.3 is 9.64 Å². The third-order valence-electron chi connectivity index (χ3n) is 3.47. The Morgan fingerprint density at radius 1 is 1.46 bits per heavy atom. The Morgan fingerprint density at radius 2 is 2.17 bits per heavy atom. The van der Waals surface area contributed by atoms with Crippen LogP contribution in [0.2, 0.25) is 0 Å². The van der Waals surface area contributed by atoms with Crippen LogP contribution in [0.1, 0.15) is 6.92 Å². The van der Waals surface area contributed by atoms with Crippen LogP contribution in [0.3, 0.4) is 0 Å². The molecule has 0 fully saturated rings. The molecule has 1 aromatic heterocycles. The molecule has 6 nitrogen and oxygen atoms in total. The maximum atomic E-state index is 12.8. The largest absolute Gasteiger partial charge is 0.383 e. The smallest absolute Gasteiger partial charge is 0.262 e. The number of nitrogens with zero attached hydrogens (tertiary/aromatic N) is 3. The van der Waals surface area contributed by atoms with Crippen LogP contribution in [0, 0.1) is 0 Å². The van der Waals surface area contributed by atoms with Gasteiger partial charge in [-0.3, -0.25) is 14.2 Å². The molecule has 1 amide bonds. The van der Waals surface area contributed by atoms with E-state index in [1.54, 1.807) is 37.9 Å². The molecule has 1 heterocycles. The normalized spacial score (nSPS) is 12.4. The average molecular weight is 414 g/mol. The Labute approximate surface area is 153 Å². The van der Waals surface area contributed by atoms with Crippen molar-refractivity contribution in [2.45, 2.75) is 23.9 Å². The van der Waals surface area contributed by atoms with Crippen LogP contribution < -0.4 is 5.56 Å². The van der Waals surface area contributed by atoms with Crippen molar-refractivity contribution in [2.24, 2.45) is 0 Å². The van der Waals surface area contributed by atoms with Crippen molar-refractivity contribution < 1.29 is 9.53 Å². The van der Waals surface area contributed by atoms with Gasteiger partial charge in [0, 0.05) is 25.7 Å². The first kappa shape index (κ1) is 19.0. The van der Waals surface area contributed by atoms with Crippen LogP contribution in [0.25, 0.3) is 10.9 Å². The molecule has 1 aromatic carbocycles. The Hall–Kier alpha value is -1.38. The molecule has 0 aliphatic rings. The summed E-state index contributed by atoms with van der Waals surface area (Å²) in [5.74, 6) is -0.0246. The second-order valence-electron chi connectivity index (χ2n) is 5.50. The van der Waals surface area contributed by atoms with Gasteiger partial charge in [0.05, 0.1) is 29.3 Å². The molecule has 0 spiro atoms. The quantitative estimate of drug-likeness (QED) is 0.537. The molecule has 24 heavy (non-hydrogen) atoms. The van der Waals surface area contributed by atoms with Crippen LogP contribution in [0.4, 0.5) is 0 Å². The number of carbonyl (C=O) groups is 1. The van der Waals surface area contributed by atoms with E-state index in [1.807, 2.05) is 13.0 Å². The fourth-order valence-corrected chi connectivity index (χ4v) is 3.66. The molecule has 0 aliphatic carbocycles. The first-order valence-corrected chi connectivity index (χ1v) is 9.09. The minimum atomic E-state index is -0.339. The summed E-state index contributed by atoms with van der Waals surface area (Å²) in [6, 6.07) is 5.40. The van der Waals surface area contributed by atoms with Gasteiger partial charge in [-0.25, -0.2) is 4.98 Å². The summed E-state index contributed by atoms with van der Waals surface area (Å²) in [4.78, 5) is 31.1. The predicted octanol–water partition coefficient (Wildman–Crippen LogP) is 2.37. The van der Waals surface area contributed by atoms with Crippen molar-refractivity contribution in [1.82, 2.24) is 14.5 Å². The Bertz CT molecular complexity index is 807. The average Bonchev–Trinajstić information content (AvgIpc) is 2.54. The van der Waals surface area contributed by atoms with Crippen molar-refractivity contribution in [3.05, 3.63) is 33.0 Å². The first-order chi connectivity index (χ1) is 11.3. The van der Waals surface area contributed by atoms with E-state index in [2.05, 4.69) is 20.9 Å². The third kappa shape index (κ3) is 4.17. The summed E-state index contributed by atoms with van der Waals surface area (Å²) in [6.45, 7) is 2.59. The van der Waals surface area contributed by atoms with Crippen LogP contribution in [0.15, 0.2) is 32.6 Å². The molecular weight excluding hydrogens is 394 g/mol. The molecule has 0 aliphatic heterocycles. The second kappa shape index (κ2) is 8.13. The number of halogens is 1. The molecule has 8 heteroatoms. The molecule has 0 N–H and O–H groups in total. The topological polar surface area (TPSA) is 64.4 Å². The molecule has 130 valence electrons. The second-order valence-corrected chi connectivity index (χ2v) is 7.72. The number of hydrogen-bond acceptors (Lipinski definition) is 5. The lowest BCUT2D eigenvalue weighted by atomic mass is 10.2. The zero-order valence-electron chi connectivity index (χ0n) is 14.1. The van der Waals surface area contributed by atoms with Crippen molar-refractivity contribution in [2.75, 3.05) is 27.8 Å². The lowest BCUT2D eigenvalue weighted by Gasteiger charge is -2.18. The number of amides is 1. The minimum absolute atomic E-state index is 0.0246. The number of ether oxygens (including phenoxy) is 1. The Kier molecular flexibility index (Phi) is 6.42. The van der Waals surface area contributed by atoms with Gasteiger partial charge in [-0.1, -0.05) is 27.7 Å². The van der Waals surface area contributed by atoms with E-state index in [9.17, 15) is 9.59 Å². The fourth-order valence-electron chi connectivity index (χ4n) is 2.21. The predicted molar refractivity (Wildman–Crippen MR) is 99.6 cm³/mol. The molecule has 2 rings (SSSR count). The van der Waals surface area contributed by atoms with Crippen molar-refractivity contribution >= 4 is 44.5 Å². The SMILES string of the molecule is COCCn1c(SC(C)C(=O)N(C)C)nc2ccc(Br)cc2c1=O. The van der Waals surface area contributed by atoms with Crippen molar-refractivity contribution in [3.8, 4) is 0 Å². The van der Waals surface area contributed by atoms with Crippen molar-refractivity contribution in [1.29, 1.82) is 0 Å². The van der Waals surface area contributed by atoms with Crippen LogP contribution in [0.5, 0.6) is 0 Å². The third-order valence-corrected chi connectivity index (χ3v) is 5.04. The van der Waals surface area contributed by atoms with Gasteiger partial charge in [0.15, 0.2) is 5.16 Å². The van der Waals surface area contributed by atoms with Crippen molar-refractivity contribution in [3.63, 3.8) is 0 Å². The van der Waals surface area contributed by atoms with E-state index < -0.39 is 0 Å². The van der Waals surface area contributed by atoms with Crippen LogP contribution >= 0.6 is 27.7 Å². The zero-order chi connectivity index (χ0) is 17.9. The molecule has 0 radical (unpaired) electrons. The molecule has 1 atom stereocenters. The lowest BCUT2D eigenvalue weighted by Crippen LogP contribution is -2.31. The van der Waals surface area contributed by atoms with E-state index in [1.165, 1.54) is 16.7 Å². The number of aromatic nitrogens is 2. The van der Waals surface area contributed by atoms with E-state index in [4.69, 9.17) is 4.74 Å². The van der Waals surface area contributed by atoms with Gasteiger partial charge in [0.2, 0.25) is 5.91 Å².